The first-order chi connectivity index (χ1) is 12.3. The second-order valence-corrected chi connectivity index (χ2v) is 5.96. The van der Waals surface area contributed by atoms with Crippen molar-refractivity contribution >= 4 is 18.0 Å². The normalized spacial score (nSPS) is 13.2. The van der Waals surface area contributed by atoms with E-state index in [1.54, 1.807) is 45.2 Å². The maximum atomic E-state index is 12.5. The molecule has 0 aliphatic heterocycles. The topological polar surface area (TPSA) is 85.3 Å². The van der Waals surface area contributed by atoms with Crippen LogP contribution in [0.25, 0.3) is 6.08 Å². The minimum absolute atomic E-state index is 0.121. The van der Waals surface area contributed by atoms with E-state index in [0.717, 1.165) is 5.56 Å². The highest BCUT2D eigenvalue weighted by atomic mass is 16.5. The van der Waals surface area contributed by atoms with Gasteiger partial charge >= 0.3 is 5.97 Å². The fourth-order valence-corrected chi connectivity index (χ4v) is 2.41. The lowest BCUT2D eigenvalue weighted by atomic mass is 10.1. The van der Waals surface area contributed by atoms with Crippen LogP contribution in [0.5, 0.6) is 11.5 Å². The maximum absolute atomic E-state index is 12.5. The van der Waals surface area contributed by atoms with Crippen LogP contribution < -0.4 is 9.47 Å². The van der Waals surface area contributed by atoms with Crippen LogP contribution in [0.2, 0.25) is 0 Å². The molecule has 1 aromatic carbocycles. The first-order valence-corrected chi connectivity index (χ1v) is 8.27. The van der Waals surface area contributed by atoms with Crippen LogP contribution in [-0.2, 0) is 14.3 Å². The summed E-state index contributed by atoms with van der Waals surface area (Å²) in [7, 11) is 4.39. The molecule has 0 saturated carbocycles. The Hall–Kier alpha value is -2.54. The van der Waals surface area contributed by atoms with Crippen LogP contribution >= 0.6 is 0 Å². The van der Waals surface area contributed by atoms with E-state index in [2.05, 4.69) is 0 Å². The molecule has 2 atom stereocenters. The number of hydrogen-bond acceptors (Lipinski definition) is 6. The molecule has 26 heavy (non-hydrogen) atoms. The van der Waals surface area contributed by atoms with Gasteiger partial charge in [0.25, 0.3) is 0 Å². The first-order valence-electron chi connectivity index (χ1n) is 8.27. The predicted molar refractivity (Wildman–Crippen MR) is 98.0 cm³/mol. The average Bonchev–Trinajstić information content (AvgIpc) is 2.63. The van der Waals surface area contributed by atoms with Crippen molar-refractivity contribution in [2.24, 2.45) is 5.92 Å². The standard InChI is InChI=1S/C19H27NO6/c1-13(19(23)26-5)11-20(12-14(2)21)18(22)9-7-15-6-8-16(24-3)17(10-15)25-4/h6-10,13-14,21H,11-12H2,1-5H3/b9-7+. The highest BCUT2D eigenvalue weighted by molar-refractivity contribution is 5.92. The number of aliphatic hydroxyl groups excluding tert-OH is 1. The number of esters is 1. The van der Waals surface area contributed by atoms with E-state index in [4.69, 9.17) is 14.2 Å². The van der Waals surface area contributed by atoms with Crippen LogP contribution in [0, 0.1) is 5.92 Å². The predicted octanol–water partition coefficient (Wildman–Crippen LogP) is 1.74. The van der Waals surface area contributed by atoms with Gasteiger partial charge in [0.2, 0.25) is 5.91 Å². The molecule has 0 spiro atoms. The largest absolute Gasteiger partial charge is 0.493 e. The van der Waals surface area contributed by atoms with E-state index in [1.165, 1.54) is 25.2 Å². The summed E-state index contributed by atoms with van der Waals surface area (Å²) in [6, 6.07) is 5.29. The number of ether oxygens (including phenoxy) is 3. The summed E-state index contributed by atoms with van der Waals surface area (Å²) in [6.07, 6.45) is 2.33. The summed E-state index contributed by atoms with van der Waals surface area (Å²) in [4.78, 5) is 25.5. The van der Waals surface area contributed by atoms with Gasteiger partial charge in [-0.15, -0.1) is 0 Å². The molecule has 0 aromatic heterocycles. The van der Waals surface area contributed by atoms with Crippen LogP contribution in [0.4, 0.5) is 0 Å². The molecule has 0 saturated heterocycles. The van der Waals surface area contributed by atoms with Crippen molar-refractivity contribution in [3.05, 3.63) is 29.8 Å². The summed E-state index contributed by atoms with van der Waals surface area (Å²) < 4.78 is 15.1. The van der Waals surface area contributed by atoms with E-state index < -0.39 is 18.0 Å². The van der Waals surface area contributed by atoms with Gasteiger partial charge in [-0.05, 0) is 30.7 Å². The molecule has 0 aliphatic carbocycles. The average molecular weight is 365 g/mol. The van der Waals surface area contributed by atoms with Gasteiger partial charge in [0.05, 0.1) is 33.4 Å². The number of carbonyl (C=O) groups is 2. The number of benzene rings is 1. The van der Waals surface area contributed by atoms with Gasteiger partial charge in [0.1, 0.15) is 0 Å². The summed E-state index contributed by atoms with van der Waals surface area (Å²) in [6.45, 7) is 3.54. The van der Waals surface area contributed by atoms with Crippen molar-refractivity contribution in [2.75, 3.05) is 34.4 Å². The molecule has 0 aliphatic rings. The minimum atomic E-state index is -0.710. The van der Waals surface area contributed by atoms with E-state index in [9.17, 15) is 14.7 Å². The molecule has 1 N–H and O–H groups in total. The van der Waals surface area contributed by atoms with Gasteiger partial charge in [-0.2, -0.15) is 0 Å². The van der Waals surface area contributed by atoms with E-state index in [1.807, 2.05) is 0 Å². The van der Waals surface area contributed by atoms with E-state index in [-0.39, 0.29) is 19.0 Å². The van der Waals surface area contributed by atoms with Crippen LogP contribution in [-0.4, -0.2) is 62.4 Å². The van der Waals surface area contributed by atoms with Gasteiger partial charge in [-0.3, -0.25) is 9.59 Å². The second-order valence-electron chi connectivity index (χ2n) is 5.96. The van der Waals surface area contributed by atoms with Gasteiger partial charge in [0.15, 0.2) is 11.5 Å². The van der Waals surface area contributed by atoms with Crippen molar-refractivity contribution in [1.82, 2.24) is 4.90 Å². The summed E-state index contributed by atoms with van der Waals surface area (Å²) >= 11 is 0. The van der Waals surface area contributed by atoms with Gasteiger partial charge in [0, 0.05) is 19.2 Å². The monoisotopic (exact) mass is 365 g/mol. The Kier molecular flexibility index (Phi) is 8.64. The molecule has 1 rings (SSSR count). The lowest BCUT2D eigenvalue weighted by Gasteiger charge is -2.25. The minimum Gasteiger partial charge on any atom is -0.493 e. The third-order valence-corrected chi connectivity index (χ3v) is 3.72. The fraction of sp³-hybridized carbons (Fsp3) is 0.474. The Morgan fingerprint density at radius 2 is 1.77 bits per heavy atom. The zero-order valence-corrected chi connectivity index (χ0v) is 15.9. The fourth-order valence-electron chi connectivity index (χ4n) is 2.41. The molecule has 7 nitrogen and oxygen atoms in total. The highest BCUT2D eigenvalue weighted by Gasteiger charge is 2.21. The molecule has 0 fully saturated rings. The third kappa shape index (κ3) is 6.40. The number of amides is 1. The SMILES string of the molecule is COC(=O)C(C)CN(CC(C)O)C(=O)/C=C/c1ccc(OC)c(OC)c1. The van der Waals surface area contributed by atoms with Crippen molar-refractivity contribution < 1.29 is 28.9 Å². The van der Waals surface area contributed by atoms with E-state index >= 15 is 0 Å². The zero-order chi connectivity index (χ0) is 19.7. The van der Waals surface area contributed by atoms with Crippen molar-refractivity contribution in [1.29, 1.82) is 0 Å². The molecule has 1 amide bonds. The molecule has 2 unspecified atom stereocenters. The molecule has 0 heterocycles. The zero-order valence-electron chi connectivity index (χ0n) is 15.9. The first kappa shape index (κ1) is 21.5. The highest BCUT2D eigenvalue weighted by Crippen LogP contribution is 2.28. The summed E-state index contributed by atoms with van der Waals surface area (Å²) in [5, 5.41) is 9.63. The quantitative estimate of drug-likeness (QED) is 0.530. The van der Waals surface area contributed by atoms with Gasteiger partial charge in [-0.1, -0.05) is 13.0 Å². The molecule has 0 bridgehead atoms. The molecule has 1 aromatic rings. The lowest BCUT2D eigenvalue weighted by molar-refractivity contribution is -0.146. The molecule has 0 radical (unpaired) electrons. The molecular formula is C19H27NO6. The maximum Gasteiger partial charge on any atom is 0.310 e. The van der Waals surface area contributed by atoms with Crippen LogP contribution in [0.3, 0.4) is 0 Å². The van der Waals surface area contributed by atoms with Gasteiger partial charge < -0.3 is 24.2 Å². The Bertz CT molecular complexity index is 641. The number of rotatable bonds is 9. The van der Waals surface area contributed by atoms with Crippen molar-refractivity contribution in [3.63, 3.8) is 0 Å². The number of carbonyl (C=O) groups excluding carboxylic acids is 2. The summed E-state index contributed by atoms with van der Waals surface area (Å²) in [5.74, 6) is -0.0493. The van der Waals surface area contributed by atoms with Crippen molar-refractivity contribution in [2.45, 2.75) is 20.0 Å². The number of hydrogen-bond donors (Lipinski definition) is 1. The van der Waals surface area contributed by atoms with Crippen LogP contribution in [0.1, 0.15) is 19.4 Å². The van der Waals surface area contributed by atoms with Gasteiger partial charge in [-0.25, -0.2) is 0 Å². The van der Waals surface area contributed by atoms with Crippen molar-refractivity contribution in [3.8, 4) is 11.5 Å². The third-order valence-electron chi connectivity index (χ3n) is 3.72. The Morgan fingerprint density at radius 3 is 2.31 bits per heavy atom. The van der Waals surface area contributed by atoms with E-state index in [0.29, 0.717) is 11.5 Å². The number of nitrogens with zero attached hydrogens (tertiary/aromatic N) is 1. The van der Waals surface area contributed by atoms with Crippen LogP contribution in [0.15, 0.2) is 24.3 Å². The Morgan fingerprint density at radius 1 is 1.12 bits per heavy atom. The molecular weight excluding hydrogens is 338 g/mol. The Labute approximate surface area is 154 Å². The smallest absolute Gasteiger partial charge is 0.310 e. The molecule has 144 valence electrons. The second kappa shape index (κ2) is 10.5. The molecule has 7 heteroatoms. The lowest BCUT2D eigenvalue weighted by Crippen LogP contribution is -2.40. The summed E-state index contributed by atoms with van der Waals surface area (Å²) in [5.41, 5.74) is 0.758. The number of aliphatic hydroxyl groups is 1. The number of methoxy groups -OCH3 is 3. The Balaban J connectivity index is 2.91.